The number of carbonyl (C=O) groups is 2. The van der Waals surface area contributed by atoms with Crippen molar-refractivity contribution in [2.24, 2.45) is 0 Å². The second kappa shape index (κ2) is 8.04. The summed E-state index contributed by atoms with van der Waals surface area (Å²) < 4.78 is 5.26. The van der Waals surface area contributed by atoms with Gasteiger partial charge in [0.05, 0.1) is 13.2 Å². The third-order valence-corrected chi connectivity index (χ3v) is 4.75. The molecule has 1 atom stereocenters. The van der Waals surface area contributed by atoms with Crippen LogP contribution in [0.1, 0.15) is 36.1 Å². The van der Waals surface area contributed by atoms with Crippen LogP contribution in [0.5, 0.6) is 5.75 Å². The van der Waals surface area contributed by atoms with Crippen LogP contribution in [0.4, 0.5) is 0 Å². The molecule has 3 rings (SSSR count). The lowest BCUT2D eigenvalue weighted by Gasteiger charge is -2.38. The molecule has 5 nitrogen and oxygen atoms in total. The molecule has 26 heavy (non-hydrogen) atoms. The zero-order chi connectivity index (χ0) is 18.5. The SMILES string of the molecule is COc1ccc(C2c3ccccc3CCN2C(=O)CCNC(C)=O)cc1. The summed E-state index contributed by atoms with van der Waals surface area (Å²) in [4.78, 5) is 25.8. The minimum Gasteiger partial charge on any atom is -0.497 e. The predicted octanol–water partition coefficient (Wildman–Crippen LogP) is 2.70. The maximum atomic E-state index is 12.8. The number of benzene rings is 2. The van der Waals surface area contributed by atoms with Crippen molar-refractivity contribution in [1.29, 1.82) is 0 Å². The molecule has 0 radical (unpaired) electrons. The van der Waals surface area contributed by atoms with Crippen LogP contribution in [-0.4, -0.2) is 36.9 Å². The lowest BCUT2D eigenvalue weighted by Crippen LogP contribution is -2.41. The lowest BCUT2D eigenvalue weighted by molar-refractivity contribution is -0.133. The van der Waals surface area contributed by atoms with Crippen LogP contribution in [0.2, 0.25) is 0 Å². The Kier molecular flexibility index (Phi) is 5.56. The molecule has 1 aliphatic heterocycles. The molecule has 2 aromatic carbocycles. The van der Waals surface area contributed by atoms with Gasteiger partial charge in [-0.2, -0.15) is 0 Å². The molecule has 136 valence electrons. The van der Waals surface area contributed by atoms with Crippen molar-refractivity contribution < 1.29 is 14.3 Å². The smallest absolute Gasteiger partial charge is 0.225 e. The van der Waals surface area contributed by atoms with Gasteiger partial charge < -0.3 is 15.0 Å². The van der Waals surface area contributed by atoms with Gasteiger partial charge in [0.1, 0.15) is 5.75 Å². The van der Waals surface area contributed by atoms with E-state index in [1.165, 1.54) is 12.5 Å². The summed E-state index contributed by atoms with van der Waals surface area (Å²) in [6, 6.07) is 16.0. The quantitative estimate of drug-likeness (QED) is 0.900. The molecule has 0 bridgehead atoms. The van der Waals surface area contributed by atoms with Crippen molar-refractivity contribution >= 4 is 11.8 Å². The first-order chi connectivity index (χ1) is 12.6. The van der Waals surface area contributed by atoms with Crippen LogP contribution >= 0.6 is 0 Å². The molecule has 5 heteroatoms. The molecule has 1 aliphatic rings. The molecule has 1 unspecified atom stereocenters. The summed E-state index contributed by atoms with van der Waals surface area (Å²) in [5, 5.41) is 2.70. The Bertz CT molecular complexity index is 786. The highest BCUT2D eigenvalue weighted by atomic mass is 16.5. The predicted molar refractivity (Wildman–Crippen MR) is 100.0 cm³/mol. The van der Waals surface area contributed by atoms with Gasteiger partial charge >= 0.3 is 0 Å². The first-order valence-corrected chi connectivity index (χ1v) is 8.86. The number of rotatable bonds is 5. The normalized spacial score (nSPS) is 15.9. The second-order valence-corrected chi connectivity index (χ2v) is 6.44. The van der Waals surface area contributed by atoms with Gasteiger partial charge in [-0.05, 0) is 35.2 Å². The lowest BCUT2D eigenvalue weighted by atomic mass is 9.88. The van der Waals surface area contributed by atoms with Crippen molar-refractivity contribution in [2.45, 2.75) is 25.8 Å². The number of ether oxygens (including phenoxy) is 1. The molecule has 0 saturated carbocycles. The molecule has 2 amide bonds. The highest BCUT2D eigenvalue weighted by molar-refractivity contribution is 5.79. The highest BCUT2D eigenvalue weighted by Gasteiger charge is 2.31. The van der Waals surface area contributed by atoms with Crippen LogP contribution in [-0.2, 0) is 16.0 Å². The number of fused-ring (bicyclic) bond motifs is 1. The number of nitrogens with zero attached hydrogens (tertiary/aromatic N) is 1. The molecule has 0 aliphatic carbocycles. The van der Waals surface area contributed by atoms with E-state index >= 15 is 0 Å². The Labute approximate surface area is 154 Å². The number of hydrogen-bond acceptors (Lipinski definition) is 3. The first-order valence-electron chi connectivity index (χ1n) is 8.86. The zero-order valence-electron chi connectivity index (χ0n) is 15.2. The van der Waals surface area contributed by atoms with E-state index in [-0.39, 0.29) is 17.9 Å². The summed E-state index contributed by atoms with van der Waals surface area (Å²) in [6.07, 6.45) is 1.14. The van der Waals surface area contributed by atoms with Gasteiger partial charge in [-0.1, -0.05) is 36.4 Å². The maximum Gasteiger partial charge on any atom is 0.225 e. The Balaban J connectivity index is 1.90. The fraction of sp³-hybridized carbons (Fsp3) is 0.333. The first kappa shape index (κ1) is 18.0. The van der Waals surface area contributed by atoms with Gasteiger partial charge in [0, 0.05) is 26.4 Å². The standard InChI is InChI=1S/C21H24N2O3/c1-15(24)22-13-11-20(25)23-14-12-16-5-3-4-6-19(16)21(23)17-7-9-18(26-2)10-8-17/h3-10,21H,11-14H2,1-2H3,(H,22,24). The molecule has 2 aromatic rings. The molecular weight excluding hydrogens is 328 g/mol. The molecular formula is C21H24N2O3. The zero-order valence-corrected chi connectivity index (χ0v) is 15.2. The van der Waals surface area contributed by atoms with Crippen molar-refractivity contribution in [3.05, 3.63) is 65.2 Å². The third kappa shape index (κ3) is 3.87. The topological polar surface area (TPSA) is 58.6 Å². The molecule has 1 N–H and O–H groups in total. The Morgan fingerprint density at radius 1 is 1.15 bits per heavy atom. The third-order valence-electron chi connectivity index (χ3n) is 4.75. The van der Waals surface area contributed by atoms with Gasteiger partial charge in [0.25, 0.3) is 0 Å². The van der Waals surface area contributed by atoms with Crippen molar-refractivity contribution in [3.63, 3.8) is 0 Å². The van der Waals surface area contributed by atoms with Gasteiger partial charge in [-0.15, -0.1) is 0 Å². The van der Waals surface area contributed by atoms with Gasteiger partial charge in [0.15, 0.2) is 0 Å². The van der Waals surface area contributed by atoms with E-state index in [2.05, 4.69) is 17.4 Å². The van der Waals surface area contributed by atoms with E-state index in [0.29, 0.717) is 19.5 Å². The van der Waals surface area contributed by atoms with E-state index in [0.717, 1.165) is 23.3 Å². The van der Waals surface area contributed by atoms with Crippen molar-refractivity contribution in [2.75, 3.05) is 20.2 Å². The van der Waals surface area contributed by atoms with Gasteiger partial charge in [-0.25, -0.2) is 0 Å². The second-order valence-electron chi connectivity index (χ2n) is 6.44. The van der Waals surface area contributed by atoms with E-state index in [1.807, 2.05) is 41.3 Å². The summed E-state index contributed by atoms with van der Waals surface area (Å²) in [7, 11) is 1.64. The van der Waals surface area contributed by atoms with Crippen LogP contribution < -0.4 is 10.1 Å². The average Bonchev–Trinajstić information content (AvgIpc) is 2.66. The van der Waals surface area contributed by atoms with E-state index in [9.17, 15) is 9.59 Å². The Hall–Kier alpha value is -2.82. The monoisotopic (exact) mass is 352 g/mol. The molecule has 0 aromatic heterocycles. The minimum absolute atomic E-state index is 0.0501. The fourth-order valence-electron chi connectivity index (χ4n) is 3.47. The van der Waals surface area contributed by atoms with Gasteiger partial charge in [-0.3, -0.25) is 9.59 Å². The fourth-order valence-corrected chi connectivity index (χ4v) is 3.47. The van der Waals surface area contributed by atoms with E-state index in [1.54, 1.807) is 7.11 Å². The van der Waals surface area contributed by atoms with Crippen molar-refractivity contribution in [3.8, 4) is 5.75 Å². The van der Waals surface area contributed by atoms with E-state index in [4.69, 9.17) is 4.74 Å². The number of carbonyl (C=O) groups excluding carboxylic acids is 2. The van der Waals surface area contributed by atoms with Gasteiger partial charge in [0.2, 0.25) is 11.8 Å². The largest absolute Gasteiger partial charge is 0.497 e. The number of nitrogens with one attached hydrogen (secondary N) is 1. The highest BCUT2D eigenvalue weighted by Crippen LogP contribution is 2.36. The average molecular weight is 352 g/mol. The summed E-state index contributed by atoms with van der Waals surface area (Å²) in [5.41, 5.74) is 3.50. The van der Waals surface area contributed by atoms with Crippen LogP contribution in [0, 0.1) is 0 Å². The van der Waals surface area contributed by atoms with E-state index < -0.39 is 0 Å². The van der Waals surface area contributed by atoms with Crippen LogP contribution in [0.25, 0.3) is 0 Å². The molecule has 0 saturated heterocycles. The minimum atomic E-state index is -0.117. The molecule has 0 fully saturated rings. The Morgan fingerprint density at radius 2 is 1.88 bits per heavy atom. The van der Waals surface area contributed by atoms with Crippen LogP contribution in [0.3, 0.4) is 0 Å². The summed E-state index contributed by atoms with van der Waals surface area (Å²) in [5.74, 6) is 0.726. The summed E-state index contributed by atoms with van der Waals surface area (Å²) >= 11 is 0. The summed E-state index contributed by atoms with van der Waals surface area (Å²) in [6.45, 7) is 2.50. The number of amides is 2. The maximum absolute atomic E-state index is 12.8. The molecule has 0 spiro atoms. The number of methoxy groups -OCH3 is 1. The number of hydrogen-bond donors (Lipinski definition) is 1. The van der Waals surface area contributed by atoms with Crippen LogP contribution in [0.15, 0.2) is 48.5 Å². The Morgan fingerprint density at radius 3 is 2.58 bits per heavy atom. The molecule has 1 heterocycles. The van der Waals surface area contributed by atoms with Crippen molar-refractivity contribution in [1.82, 2.24) is 10.2 Å².